The van der Waals surface area contributed by atoms with Crippen LogP contribution < -0.4 is 5.32 Å². The van der Waals surface area contributed by atoms with Gasteiger partial charge in [0, 0.05) is 11.1 Å². The summed E-state index contributed by atoms with van der Waals surface area (Å²) in [5.41, 5.74) is 5.48. The molecule has 2 aromatic rings. The van der Waals surface area contributed by atoms with Crippen molar-refractivity contribution in [1.82, 2.24) is 5.32 Å². The molecule has 19 heavy (non-hydrogen) atoms. The lowest BCUT2D eigenvalue weighted by Crippen LogP contribution is -2.18. The van der Waals surface area contributed by atoms with E-state index in [0.717, 1.165) is 11.6 Å². The van der Waals surface area contributed by atoms with E-state index >= 15 is 0 Å². The summed E-state index contributed by atoms with van der Waals surface area (Å²) in [6.45, 7) is 3.20. The molecule has 0 aromatic heterocycles. The predicted molar refractivity (Wildman–Crippen MR) is 81.6 cm³/mol. The molecule has 0 radical (unpaired) electrons. The van der Waals surface area contributed by atoms with Gasteiger partial charge < -0.3 is 5.32 Å². The van der Waals surface area contributed by atoms with Crippen LogP contribution in [0.2, 0.25) is 5.02 Å². The van der Waals surface area contributed by atoms with E-state index in [1.807, 2.05) is 12.1 Å². The fraction of sp³-hybridized carbons (Fsp3) is 0.294. The van der Waals surface area contributed by atoms with E-state index in [1.165, 1.54) is 35.1 Å². The molecule has 3 rings (SSSR count). The summed E-state index contributed by atoms with van der Waals surface area (Å²) in [4.78, 5) is 0. The van der Waals surface area contributed by atoms with Gasteiger partial charge in [-0.15, -0.1) is 0 Å². The van der Waals surface area contributed by atoms with Crippen molar-refractivity contribution >= 4 is 11.6 Å². The molecule has 0 heterocycles. The lowest BCUT2D eigenvalue weighted by atomic mass is 10.00. The molecule has 0 amide bonds. The van der Waals surface area contributed by atoms with E-state index < -0.39 is 0 Å². The van der Waals surface area contributed by atoms with Gasteiger partial charge >= 0.3 is 0 Å². The van der Waals surface area contributed by atoms with Crippen LogP contribution in [0, 0.1) is 0 Å². The van der Waals surface area contributed by atoms with Gasteiger partial charge in [-0.2, -0.15) is 0 Å². The molecule has 98 valence electrons. The minimum atomic E-state index is 0.541. The zero-order valence-electron chi connectivity index (χ0n) is 11.1. The zero-order chi connectivity index (χ0) is 13.2. The minimum absolute atomic E-state index is 0.541. The fourth-order valence-electron chi connectivity index (χ4n) is 2.90. The molecular weight excluding hydrogens is 254 g/mol. The molecule has 0 aliphatic heterocycles. The fourth-order valence-corrected chi connectivity index (χ4v) is 3.02. The summed E-state index contributed by atoms with van der Waals surface area (Å²) in [6.07, 6.45) is 2.39. The Balaban J connectivity index is 1.92. The summed E-state index contributed by atoms with van der Waals surface area (Å²) in [7, 11) is 0. The van der Waals surface area contributed by atoms with Crippen molar-refractivity contribution in [1.29, 1.82) is 0 Å². The van der Waals surface area contributed by atoms with Crippen LogP contribution >= 0.6 is 11.6 Å². The third-order valence-electron chi connectivity index (χ3n) is 3.85. The first-order valence-electron chi connectivity index (χ1n) is 6.90. The van der Waals surface area contributed by atoms with Gasteiger partial charge in [0.05, 0.1) is 0 Å². The second-order valence-electron chi connectivity index (χ2n) is 5.07. The second-order valence-corrected chi connectivity index (χ2v) is 5.51. The predicted octanol–water partition coefficient (Wildman–Crippen LogP) is 4.60. The first kappa shape index (κ1) is 12.7. The van der Waals surface area contributed by atoms with Crippen LogP contribution in [0.25, 0.3) is 11.1 Å². The summed E-state index contributed by atoms with van der Waals surface area (Å²) in [5, 5.41) is 4.34. The van der Waals surface area contributed by atoms with Crippen molar-refractivity contribution in [3.63, 3.8) is 0 Å². The number of hydrogen-bond acceptors (Lipinski definition) is 1. The van der Waals surface area contributed by atoms with E-state index in [0.29, 0.717) is 6.04 Å². The average molecular weight is 272 g/mol. The van der Waals surface area contributed by atoms with Crippen molar-refractivity contribution < 1.29 is 0 Å². The number of benzene rings is 2. The first-order chi connectivity index (χ1) is 9.28. The Morgan fingerprint density at radius 2 is 1.84 bits per heavy atom. The molecule has 1 unspecified atom stereocenters. The summed E-state index contributed by atoms with van der Waals surface area (Å²) >= 11 is 5.94. The van der Waals surface area contributed by atoms with Crippen LogP contribution in [0.3, 0.4) is 0 Å². The van der Waals surface area contributed by atoms with Crippen LogP contribution in [-0.4, -0.2) is 6.54 Å². The Labute approximate surface area is 119 Å². The van der Waals surface area contributed by atoms with Crippen molar-refractivity contribution in [2.75, 3.05) is 6.54 Å². The maximum absolute atomic E-state index is 5.94. The van der Waals surface area contributed by atoms with Crippen LogP contribution in [0.5, 0.6) is 0 Å². The number of halogens is 1. The lowest BCUT2D eigenvalue weighted by molar-refractivity contribution is 0.549. The molecule has 0 saturated carbocycles. The Kier molecular flexibility index (Phi) is 3.58. The van der Waals surface area contributed by atoms with Crippen molar-refractivity contribution in [2.24, 2.45) is 0 Å². The number of aryl methyl sites for hydroxylation is 1. The second kappa shape index (κ2) is 5.36. The molecule has 0 fully saturated rings. The smallest absolute Gasteiger partial charge is 0.0406 e. The monoisotopic (exact) mass is 271 g/mol. The Morgan fingerprint density at radius 1 is 1.11 bits per heavy atom. The summed E-state index contributed by atoms with van der Waals surface area (Å²) < 4.78 is 0. The average Bonchev–Trinajstić information content (AvgIpc) is 2.83. The standard InChI is InChI=1S/C17H18ClN/c1-2-19-17-10-6-14-11-13(5-9-16(14)17)12-3-7-15(18)8-4-12/h3-5,7-9,11,17,19H,2,6,10H2,1H3. The Bertz CT molecular complexity index is 574. The molecule has 0 bridgehead atoms. The topological polar surface area (TPSA) is 12.0 Å². The highest BCUT2D eigenvalue weighted by atomic mass is 35.5. The van der Waals surface area contributed by atoms with Crippen molar-refractivity contribution in [3.05, 3.63) is 58.6 Å². The van der Waals surface area contributed by atoms with Crippen LogP contribution in [0.15, 0.2) is 42.5 Å². The van der Waals surface area contributed by atoms with Crippen LogP contribution in [0.1, 0.15) is 30.5 Å². The van der Waals surface area contributed by atoms with Gasteiger partial charge in [-0.25, -0.2) is 0 Å². The highest BCUT2D eigenvalue weighted by Crippen LogP contribution is 2.34. The molecular formula is C17H18ClN. The molecule has 0 spiro atoms. The number of hydrogen-bond donors (Lipinski definition) is 1. The van der Waals surface area contributed by atoms with Crippen molar-refractivity contribution in [2.45, 2.75) is 25.8 Å². The third kappa shape index (κ3) is 2.54. The number of rotatable bonds is 3. The van der Waals surface area contributed by atoms with Gasteiger partial charge in [0.15, 0.2) is 0 Å². The summed E-state index contributed by atoms with van der Waals surface area (Å²) in [6, 6.07) is 15.4. The largest absolute Gasteiger partial charge is 0.310 e. The van der Waals surface area contributed by atoms with Gasteiger partial charge in [0.25, 0.3) is 0 Å². The maximum Gasteiger partial charge on any atom is 0.0406 e. The normalized spacial score (nSPS) is 17.5. The molecule has 1 aliphatic carbocycles. The Morgan fingerprint density at radius 3 is 2.58 bits per heavy atom. The van der Waals surface area contributed by atoms with Gasteiger partial charge in [0.2, 0.25) is 0 Å². The quantitative estimate of drug-likeness (QED) is 0.860. The van der Waals surface area contributed by atoms with E-state index in [9.17, 15) is 0 Å². The first-order valence-corrected chi connectivity index (χ1v) is 7.28. The number of nitrogens with one attached hydrogen (secondary N) is 1. The zero-order valence-corrected chi connectivity index (χ0v) is 11.9. The molecule has 1 atom stereocenters. The molecule has 1 nitrogen and oxygen atoms in total. The third-order valence-corrected chi connectivity index (χ3v) is 4.10. The van der Waals surface area contributed by atoms with Gasteiger partial charge in [-0.1, -0.05) is 48.9 Å². The SMILES string of the molecule is CCNC1CCc2cc(-c3ccc(Cl)cc3)ccc21. The van der Waals surface area contributed by atoms with Crippen LogP contribution in [0.4, 0.5) is 0 Å². The van der Waals surface area contributed by atoms with E-state index in [-0.39, 0.29) is 0 Å². The summed E-state index contributed by atoms with van der Waals surface area (Å²) in [5.74, 6) is 0. The highest BCUT2D eigenvalue weighted by Gasteiger charge is 2.21. The van der Waals surface area contributed by atoms with Crippen molar-refractivity contribution in [3.8, 4) is 11.1 Å². The maximum atomic E-state index is 5.94. The van der Waals surface area contributed by atoms with Crippen LogP contribution in [-0.2, 0) is 6.42 Å². The Hall–Kier alpha value is -1.31. The number of fused-ring (bicyclic) bond motifs is 1. The van der Waals surface area contributed by atoms with Gasteiger partial charge in [-0.3, -0.25) is 0 Å². The molecule has 2 aromatic carbocycles. The molecule has 1 N–H and O–H groups in total. The molecule has 0 saturated heterocycles. The van der Waals surface area contributed by atoms with E-state index in [1.54, 1.807) is 0 Å². The van der Waals surface area contributed by atoms with E-state index in [2.05, 4.69) is 42.6 Å². The highest BCUT2D eigenvalue weighted by molar-refractivity contribution is 6.30. The van der Waals surface area contributed by atoms with E-state index in [4.69, 9.17) is 11.6 Å². The minimum Gasteiger partial charge on any atom is -0.310 e. The molecule has 1 aliphatic rings. The van der Waals surface area contributed by atoms with Gasteiger partial charge in [0.1, 0.15) is 0 Å². The molecule has 2 heteroatoms. The lowest BCUT2D eigenvalue weighted by Gasteiger charge is -2.12. The van der Waals surface area contributed by atoms with Gasteiger partial charge in [-0.05, 0) is 53.8 Å².